The second-order valence-corrected chi connectivity index (χ2v) is 4.53. The number of aromatic nitrogens is 4. The van der Waals surface area contributed by atoms with Crippen molar-refractivity contribution in [2.75, 3.05) is 0 Å². The second-order valence-electron chi connectivity index (χ2n) is 4.05. The topological polar surface area (TPSA) is 63.0 Å². The highest BCUT2D eigenvalue weighted by Gasteiger charge is 2.31. The molecule has 3 aromatic rings. The molecule has 0 radical (unpaired) electrons. The lowest BCUT2D eigenvalue weighted by atomic mass is 10.2. The van der Waals surface area contributed by atoms with Crippen LogP contribution in [0.1, 0.15) is 5.69 Å². The molecule has 3 rings (SSSR count). The molecular weight excluding hydrogens is 290 g/mol. The first kappa shape index (κ1) is 12.7. The van der Waals surface area contributed by atoms with Crippen molar-refractivity contribution in [3.05, 3.63) is 52.4 Å². The van der Waals surface area contributed by atoms with Gasteiger partial charge in [-0.2, -0.15) is 18.3 Å². The molecule has 0 aliphatic heterocycles. The van der Waals surface area contributed by atoms with Crippen molar-refractivity contribution in [2.45, 2.75) is 5.38 Å². The van der Waals surface area contributed by atoms with Crippen molar-refractivity contribution >= 4 is 17.4 Å². The van der Waals surface area contributed by atoms with Crippen LogP contribution in [-0.4, -0.2) is 19.6 Å². The molecule has 2 heterocycles. The Kier molecular flexibility index (Phi) is 2.79. The second kappa shape index (κ2) is 4.38. The lowest BCUT2D eigenvalue weighted by Gasteiger charge is -2.05. The molecule has 102 valence electrons. The molecule has 0 amide bonds. The van der Waals surface area contributed by atoms with E-state index in [1.165, 1.54) is 0 Å². The number of hydrogen-bond donors (Lipinski definition) is 1. The predicted octanol–water partition coefficient (Wildman–Crippen LogP) is 2.37. The molecule has 20 heavy (non-hydrogen) atoms. The Balaban J connectivity index is 2.22. The van der Waals surface area contributed by atoms with E-state index in [1.54, 1.807) is 24.3 Å². The van der Waals surface area contributed by atoms with Gasteiger partial charge in [-0.15, -0.1) is 0 Å². The number of H-pyrrole nitrogens is 1. The van der Waals surface area contributed by atoms with Gasteiger partial charge in [0.15, 0.2) is 5.82 Å². The fourth-order valence-electron chi connectivity index (χ4n) is 1.75. The van der Waals surface area contributed by atoms with Gasteiger partial charge < -0.3 is 0 Å². The van der Waals surface area contributed by atoms with Gasteiger partial charge in [-0.1, -0.05) is 30.3 Å². The summed E-state index contributed by atoms with van der Waals surface area (Å²) in [5.74, 6) is 0.192. The molecule has 0 atom stereocenters. The molecule has 0 unspecified atom stereocenters. The van der Waals surface area contributed by atoms with Gasteiger partial charge in [0, 0.05) is 11.6 Å². The van der Waals surface area contributed by atoms with Crippen molar-refractivity contribution in [2.24, 2.45) is 0 Å². The van der Waals surface area contributed by atoms with Crippen LogP contribution in [0.5, 0.6) is 0 Å². The van der Waals surface area contributed by atoms with Crippen LogP contribution >= 0.6 is 11.6 Å². The monoisotopic (exact) mass is 296 g/mol. The van der Waals surface area contributed by atoms with E-state index in [0.29, 0.717) is 17.5 Å². The number of aromatic amines is 1. The quantitative estimate of drug-likeness (QED) is 0.739. The predicted molar refractivity (Wildman–Crippen MR) is 68.8 cm³/mol. The molecule has 0 fully saturated rings. The third-order valence-corrected chi connectivity index (χ3v) is 2.86. The van der Waals surface area contributed by atoms with E-state index in [9.17, 15) is 13.6 Å². The maximum Gasteiger partial charge on any atom is 0.365 e. The third-order valence-electron chi connectivity index (χ3n) is 2.67. The van der Waals surface area contributed by atoms with Crippen LogP contribution in [0.25, 0.3) is 17.2 Å². The number of alkyl halides is 3. The van der Waals surface area contributed by atoms with Gasteiger partial charge in [0.2, 0.25) is 0 Å². The molecule has 0 saturated heterocycles. The maximum atomic E-state index is 13.0. The number of fused-ring (bicyclic) bond motifs is 1. The van der Waals surface area contributed by atoms with Crippen LogP contribution < -0.4 is 5.56 Å². The largest absolute Gasteiger partial charge is 0.365 e. The summed E-state index contributed by atoms with van der Waals surface area (Å²) in [6, 6.07) is 9.60. The van der Waals surface area contributed by atoms with Crippen molar-refractivity contribution < 1.29 is 8.78 Å². The minimum atomic E-state index is -3.71. The van der Waals surface area contributed by atoms with Crippen molar-refractivity contribution in [3.8, 4) is 11.4 Å². The number of nitrogens with zero attached hydrogens (tertiary/aromatic N) is 3. The zero-order valence-electron chi connectivity index (χ0n) is 9.85. The zero-order valence-corrected chi connectivity index (χ0v) is 10.6. The van der Waals surface area contributed by atoms with E-state index in [4.69, 9.17) is 11.6 Å². The molecule has 0 aliphatic rings. The molecule has 0 spiro atoms. The average molecular weight is 297 g/mol. The van der Waals surface area contributed by atoms with Gasteiger partial charge in [0.1, 0.15) is 5.69 Å². The van der Waals surface area contributed by atoms with Gasteiger partial charge >= 0.3 is 5.38 Å². The average Bonchev–Trinajstić information content (AvgIpc) is 2.83. The minimum Gasteiger partial charge on any atom is -0.271 e. The molecule has 5 nitrogen and oxygen atoms in total. The highest BCUT2D eigenvalue weighted by Crippen LogP contribution is 2.30. The van der Waals surface area contributed by atoms with Crippen LogP contribution in [0.2, 0.25) is 0 Å². The highest BCUT2D eigenvalue weighted by atomic mass is 35.5. The first-order valence-corrected chi connectivity index (χ1v) is 5.95. The van der Waals surface area contributed by atoms with E-state index in [0.717, 1.165) is 4.52 Å². The molecule has 1 N–H and O–H groups in total. The van der Waals surface area contributed by atoms with Crippen LogP contribution in [0.4, 0.5) is 8.78 Å². The fraction of sp³-hybridized carbons (Fsp3) is 0.0833. The number of hydrogen-bond acceptors (Lipinski definition) is 3. The number of rotatable bonds is 2. The molecule has 2 aromatic heterocycles. The van der Waals surface area contributed by atoms with E-state index < -0.39 is 16.6 Å². The van der Waals surface area contributed by atoms with E-state index in [-0.39, 0.29) is 5.78 Å². The normalized spacial score (nSPS) is 11.9. The summed E-state index contributed by atoms with van der Waals surface area (Å²) in [6.07, 6.45) is 0. The van der Waals surface area contributed by atoms with Crippen LogP contribution in [-0.2, 0) is 5.38 Å². The Morgan fingerprint density at radius 2 is 1.90 bits per heavy atom. The van der Waals surface area contributed by atoms with Crippen molar-refractivity contribution in [3.63, 3.8) is 0 Å². The standard InChI is InChI=1S/C12H7ClF2N4O/c13-12(14,15)8-6-9(20)19-11(16-8)17-10(18-19)7-4-2-1-3-5-7/h1-6H,(H,16,17,18). The molecular formula is C12H7ClF2N4O. The molecule has 0 bridgehead atoms. The number of halogens is 3. The first-order chi connectivity index (χ1) is 9.45. The van der Waals surface area contributed by atoms with Crippen LogP contribution in [0, 0.1) is 0 Å². The van der Waals surface area contributed by atoms with Gasteiger partial charge in [0.05, 0.1) is 0 Å². The Labute approximate surface area is 115 Å². The van der Waals surface area contributed by atoms with Gasteiger partial charge in [-0.25, -0.2) is 4.98 Å². The Bertz CT molecular complexity index is 823. The maximum absolute atomic E-state index is 13.0. The van der Waals surface area contributed by atoms with Crippen LogP contribution in [0.3, 0.4) is 0 Å². The number of benzene rings is 1. The summed E-state index contributed by atoms with van der Waals surface area (Å²) >= 11 is 4.87. The van der Waals surface area contributed by atoms with Crippen LogP contribution in [0.15, 0.2) is 41.2 Å². The molecule has 1 aromatic carbocycles. The van der Waals surface area contributed by atoms with E-state index in [2.05, 4.69) is 15.1 Å². The number of nitrogens with one attached hydrogen (secondary N) is 1. The van der Waals surface area contributed by atoms with Gasteiger partial charge in [-0.05, 0) is 11.6 Å². The zero-order chi connectivity index (χ0) is 14.3. The third kappa shape index (κ3) is 2.16. The van der Waals surface area contributed by atoms with Crippen molar-refractivity contribution in [1.29, 1.82) is 0 Å². The molecule has 0 saturated carbocycles. The minimum absolute atomic E-state index is 0.160. The van der Waals surface area contributed by atoms with Gasteiger partial charge in [-0.3, -0.25) is 9.89 Å². The lowest BCUT2D eigenvalue weighted by molar-refractivity contribution is 0.0899. The summed E-state index contributed by atoms with van der Waals surface area (Å²) < 4.78 is 27.0. The Morgan fingerprint density at radius 1 is 1.20 bits per heavy atom. The first-order valence-electron chi connectivity index (χ1n) is 5.57. The molecule has 8 heteroatoms. The summed E-state index contributed by atoms with van der Waals surface area (Å²) in [4.78, 5) is 19.4. The Morgan fingerprint density at radius 3 is 2.55 bits per heavy atom. The Hall–Kier alpha value is -2.28. The highest BCUT2D eigenvalue weighted by molar-refractivity contribution is 6.21. The van der Waals surface area contributed by atoms with Crippen molar-refractivity contribution in [1.82, 2.24) is 19.6 Å². The lowest BCUT2D eigenvalue weighted by Crippen LogP contribution is -2.19. The molecule has 0 aliphatic carbocycles. The summed E-state index contributed by atoms with van der Waals surface area (Å²) in [6.45, 7) is 0. The van der Waals surface area contributed by atoms with E-state index >= 15 is 0 Å². The summed E-state index contributed by atoms with van der Waals surface area (Å²) in [5.41, 5.74) is -0.827. The smallest absolute Gasteiger partial charge is 0.271 e. The SMILES string of the molecule is O=c1cc(C(F)(F)Cl)nc2nc(-c3ccccc3)[nH]n12. The van der Waals surface area contributed by atoms with E-state index in [1.807, 2.05) is 6.07 Å². The summed E-state index contributed by atoms with van der Waals surface area (Å²) in [7, 11) is 0. The summed E-state index contributed by atoms with van der Waals surface area (Å²) in [5, 5.41) is -1.01. The van der Waals surface area contributed by atoms with Gasteiger partial charge in [0.25, 0.3) is 11.3 Å². The fourth-order valence-corrected chi connectivity index (χ4v) is 1.85.